The molecule has 0 bridgehead atoms. The number of pyridine rings is 1. The highest BCUT2D eigenvalue weighted by Crippen LogP contribution is 2.24. The van der Waals surface area contributed by atoms with Crippen LogP contribution in [0.1, 0.15) is 12.8 Å². The normalized spacial score (nSPS) is 17.5. The van der Waals surface area contributed by atoms with Gasteiger partial charge in [-0.1, -0.05) is 0 Å². The first-order valence-corrected chi connectivity index (χ1v) is 7.68. The van der Waals surface area contributed by atoms with E-state index in [0.29, 0.717) is 23.6 Å². The number of likely N-dealkylation sites (tertiary alicyclic amines) is 1. The third kappa shape index (κ3) is 5.15. The smallest absolute Gasteiger partial charge is 0.326 e. The molecule has 5 nitrogen and oxygen atoms in total. The maximum Gasteiger partial charge on any atom is 0.401 e. The van der Waals surface area contributed by atoms with Gasteiger partial charge in [0.25, 0.3) is 0 Å². The van der Waals surface area contributed by atoms with E-state index in [-0.39, 0.29) is 24.9 Å². The standard InChI is InChI=1S/C13H17F3N4OS/c14-13(15,16)8-20-5-2-9(3-6-20)12(21)19-10-1-4-18-11(7-10)22-17/h1,4,7,9H,2-3,5-6,8,17H2,(H,18,19,21). The number of aromatic nitrogens is 1. The summed E-state index contributed by atoms with van der Waals surface area (Å²) in [6, 6.07) is 3.30. The van der Waals surface area contributed by atoms with E-state index in [0.717, 1.165) is 11.9 Å². The van der Waals surface area contributed by atoms with Crippen molar-refractivity contribution < 1.29 is 18.0 Å². The van der Waals surface area contributed by atoms with E-state index in [1.165, 1.54) is 11.1 Å². The number of alkyl halides is 3. The van der Waals surface area contributed by atoms with Crippen LogP contribution in [-0.4, -0.2) is 41.6 Å². The highest BCUT2D eigenvalue weighted by molar-refractivity contribution is 7.97. The van der Waals surface area contributed by atoms with Crippen LogP contribution >= 0.6 is 11.9 Å². The molecule has 0 aromatic carbocycles. The number of piperidine rings is 1. The molecule has 1 aromatic rings. The van der Waals surface area contributed by atoms with Crippen molar-refractivity contribution in [2.75, 3.05) is 25.0 Å². The molecule has 9 heteroatoms. The lowest BCUT2D eigenvalue weighted by Gasteiger charge is -2.31. The summed E-state index contributed by atoms with van der Waals surface area (Å²) in [6.45, 7) is -0.363. The largest absolute Gasteiger partial charge is 0.401 e. The number of nitrogens with one attached hydrogen (secondary N) is 1. The van der Waals surface area contributed by atoms with Gasteiger partial charge in [-0.25, -0.2) is 4.98 Å². The van der Waals surface area contributed by atoms with E-state index >= 15 is 0 Å². The van der Waals surface area contributed by atoms with Gasteiger partial charge in [-0.2, -0.15) is 13.2 Å². The summed E-state index contributed by atoms with van der Waals surface area (Å²) in [6.07, 6.45) is -1.81. The molecule has 22 heavy (non-hydrogen) atoms. The number of anilines is 1. The SMILES string of the molecule is NSc1cc(NC(=O)C2CCN(CC(F)(F)F)CC2)ccn1. The second-order valence-electron chi connectivity index (χ2n) is 5.16. The van der Waals surface area contributed by atoms with Gasteiger partial charge in [0, 0.05) is 17.8 Å². The van der Waals surface area contributed by atoms with Gasteiger partial charge in [-0.15, -0.1) is 0 Å². The molecule has 2 rings (SSSR count). The molecule has 1 fully saturated rings. The number of nitrogens with zero attached hydrogens (tertiary/aromatic N) is 2. The molecule has 1 aromatic heterocycles. The second kappa shape index (κ2) is 7.30. The molecule has 2 heterocycles. The Bertz CT molecular complexity index is 518. The molecular formula is C13H17F3N4OS. The van der Waals surface area contributed by atoms with Crippen LogP contribution in [0.5, 0.6) is 0 Å². The number of amides is 1. The third-order valence-corrected chi connectivity index (χ3v) is 3.95. The molecule has 0 saturated carbocycles. The van der Waals surface area contributed by atoms with E-state index in [2.05, 4.69) is 10.3 Å². The number of hydrogen-bond acceptors (Lipinski definition) is 5. The quantitative estimate of drug-likeness (QED) is 0.827. The van der Waals surface area contributed by atoms with Crippen molar-refractivity contribution >= 4 is 23.5 Å². The van der Waals surface area contributed by atoms with Crippen molar-refractivity contribution in [3.05, 3.63) is 18.3 Å². The molecule has 1 aliphatic heterocycles. The van der Waals surface area contributed by atoms with Crippen LogP contribution in [0, 0.1) is 5.92 Å². The highest BCUT2D eigenvalue weighted by Gasteiger charge is 2.33. The lowest BCUT2D eigenvalue weighted by Crippen LogP contribution is -2.42. The minimum atomic E-state index is -4.19. The van der Waals surface area contributed by atoms with Crippen LogP contribution in [0.4, 0.5) is 18.9 Å². The first-order chi connectivity index (χ1) is 10.4. The number of carbonyl (C=O) groups excluding carboxylic acids is 1. The topological polar surface area (TPSA) is 71.2 Å². The number of hydrogen-bond donors (Lipinski definition) is 2. The highest BCUT2D eigenvalue weighted by atomic mass is 32.2. The van der Waals surface area contributed by atoms with Gasteiger partial charge in [0.15, 0.2) is 0 Å². The Morgan fingerprint density at radius 2 is 2.14 bits per heavy atom. The van der Waals surface area contributed by atoms with E-state index < -0.39 is 12.7 Å². The summed E-state index contributed by atoms with van der Waals surface area (Å²) in [7, 11) is 0. The van der Waals surface area contributed by atoms with Crippen LogP contribution < -0.4 is 10.5 Å². The van der Waals surface area contributed by atoms with Gasteiger partial charge in [0.05, 0.1) is 6.54 Å². The lowest BCUT2D eigenvalue weighted by molar-refractivity contribution is -0.149. The predicted molar refractivity (Wildman–Crippen MR) is 78.1 cm³/mol. The Morgan fingerprint density at radius 1 is 1.45 bits per heavy atom. The molecule has 0 aliphatic carbocycles. The van der Waals surface area contributed by atoms with E-state index in [1.54, 1.807) is 12.1 Å². The second-order valence-corrected chi connectivity index (χ2v) is 5.81. The average molecular weight is 334 g/mol. The fourth-order valence-corrected chi connectivity index (χ4v) is 2.72. The zero-order chi connectivity index (χ0) is 16.2. The Kier molecular flexibility index (Phi) is 5.65. The first kappa shape index (κ1) is 17.0. The minimum absolute atomic E-state index is 0.175. The Balaban J connectivity index is 1.84. The van der Waals surface area contributed by atoms with Crippen molar-refractivity contribution in [1.29, 1.82) is 0 Å². The molecule has 1 saturated heterocycles. The van der Waals surface area contributed by atoms with Gasteiger partial charge in [0.1, 0.15) is 5.03 Å². The zero-order valence-electron chi connectivity index (χ0n) is 11.8. The Labute approximate surface area is 130 Å². The molecular weight excluding hydrogens is 317 g/mol. The van der Waals surface area contributed by atoms with E-state index in [9.17, 15) is 18.0 Å². The molecule has 0 unspecified atom stereocenters. The fourth-order valence-electron chi connectivity index (χ4n) is 2.40. The summed E-state index contributed by atoms with van der Waals surface area (Å²) in [5, 5.41) is 8.74. The number of rotatable bonds is 4. The number of halogens is 3. The summed E-state index contributed by atoms with van der Waals surface area (Å²) >= 11 is 0.976. The molecule has 3 N–H and O–H groups in total. The Hall–Kier alpha value is -1.32. The molecule has 1 aliphatic rings. The van der Waals surface area contributed by atoms with Crippen molar-refractivity contribution in [2.24, 2.45) is 11.1 Å². The van der Waals surface area contributed by atoms with Crippen molar-refractivity contribution in [3.8, 4) is 0 Å². The summed E-state index contributed by atoms with van der Waals surface area (Å²) in [5.74, 6) is -0.447. The first-order valence-electron chi connectivity index (χ1n) is 6.80. The number of carbonyl (C=O) groups is 1. The third-order valence-electron chi connectivity index (χ3n) is 3.48. The summed E-state index contributed by atoms with van der Waals surface area (Å²) in [4.78, 5) is 17.5. The van der Waals surface area contributed by atoms with Crippen LogP contribution in [0.3, 0.4) is 0 Å². The average Bonchev–Trinajstić information content (AvgIpc) is 2.46. The zero-order valence-corrected chi connectivity index (χ0v) is 12.6. The van der Waals surface area contributed by atoms with Crippen molar-refractivity contribution in [3.63, 3.8) is 0 Å². The molecule has 0 radical (unpaired) electrons. The van der Waals surface area contributed by atoms with Crippen LogP contribution in [0.15, 0.2) is 23.4 Å². The monoisotopic (exact) mass is 334 g/mol. The summed E-state index contributed by atoms with van der Waals surface area (Å²) in [5.41, 5.74) is 0.589. The maximum atomic E-state index is 12.3. The van der Waals surface area contributed by atoms with Crippen LogP contribution in [0.25, 0.3) is 0 Å². The minimum Gasteiger partial charge on any atom is -0.326 e. The maximum absolute atomic E-state index is 12.3. The molecule has 1 amide bonds. The van der Waals surface area contributed by atoms with Crippen LogP contribution in [-0.2, 0) is 4.79 Å². The molecule has 122 valence electrons. The van der Waals surface area contributed by atoms with Crippen molar-refractivity contribution in [2.45, 2.75) is 24.0 Å². The van der Waals surface area contributed by atoms with Gasteiger partial charge in [0.2, 0.25) is 5.91 Å². The predicted octanol–water partition coefficient (Wildman–Crippen LogP) is 2.26. The van der Waals surface area contributed by atoms with Gasteiger partial charge >= 0.3 is 6.18 Å². The summed E-state index contributed by atoms with van der Waals surface area (Å²) < 4.78 is 36.9. The van der Waals surface area contributed by atoms with E-state index in [1.807, 2.05) is 0 Å². The van der Waals surface area contributed by atoms with Crippen molar-refractivity contribution in [1.82, 2.24) is 9.88 Å². The van der Waals surface area contributed by atoms with Gasteiger partial charge in [-0.3, -0.25) is 14.8 Å². The Morgan fingerprint density at radius 3 is 2.73 bits per heavy atom. The fraction of sp³-hybridized carbons (Fsp3) is 0.538. The van der Waals surface area contributed by atoms with Gasteiger partial charge < -0.3 is 5.32 Å². The van der Waals surface area contributed by atoms with E-state index in [4.69, 9.17) is 5.14 Å². The van der Waals surface area contributed by atoms with Crippen LogP contribution in [0.2, 0.25) is 0 Å². The number of nitrogens with two attached hydrogens (primary N) is 1. The van der Waals surface area contributed by atoms with Gasteiger partial charge in [-0.05, 0) is 50.0 Å². The lowest BCUT2D eigenvalue weighted by atomic mass is 9.96. The molecule has 0 spiro atoms. The molecule has 0 atom stereocenters.